The predicted molar refractivity (Wildman–Crippen MR) is 181 cm³/mol. The molecule has 12 heteroatoms. The van der Waals surface area contributed by atoms with E-state index in [-0.39, 0.29) is 42.2 Å². The minimum absolute atomic E-state index is 0. The number of aromatic nitrogens is 2. The highest BCUT2D eigenvalue weighted by Crippen LogP contribution is 2.40. The largest absolute Gasteiger partial charge is 0.493 e. The van der Waals surface area contributed by atoms with Crippen LogP contribution >= 0.6 is 24.8 Å². The van der Waals surface area contributed by atoms with Crippen LogP contribution in [-0.4, -0.2) is 59.6 Å². The zero-order valence-corrected chi connectivity index (χ0v) is 28.0. The van der Waals surface area contributed by atoms with Crippen molar-refractivity contribution < 1.29 is 18.7 Å². The molecule has 0 atom stereocenters. The maximum absolute atomic E-state index is 13.2. The van der Waals surface area contributed by atoms with Crippen molar-refractivity contribution in [3.05, 3.63) is 82.7 Å². The van der Waals surface area contributed by atoms with E-state index >= 15 is 0 Å². The van der Waals surface area contributed by atoms with Crippen LogP contribution in [0, 0.1) is 12.3 Å². The summed E-state index contributed by atoms with van der Waals surface area (Å²) in [7, 11) is 1.70. The minimum Gasteiger partial charge on any atom is -0.493 e. The van der Waals surface area contributed by atoms with E-state index in [2.05, 4.69) is 9.88 Å². The molecule has 0 aliphatic carbocycles. The summed E-state index contributed by atoms with van der Waals surface area (Å²) >= 11 is 0. The zero-order valence-electron chi connectivity index (χ0n) is 26.3. The van der Waals surface area contributed by atoms with Crippen molar-refractivity contribution >= 4 is 59.0 Å². The Bertz CT molecular complexity index is 1700. The Kier molecular flexibility index (Phi) is 11.8. The first-order valence-electron chi connectivity index (χ1n) is 14.7. The topological polar surface area (TPSA) is 101 Å². The Morgan fingerprint density at radius 2 is 1.78 bits per heavy atom. The number of nitrogens with zero attached hydrogens (tertiary/aromatic N) is 5. The molecule has 1 aliphatic heterocycles. The standard InChI is InChI=1S/C33H39N5O5.2ClH/c1-6-38-27-9-8-26(20-28(27)35(5)31(40)33(3,4)32(38)41)42-18-7-14-36(22-25-10-13-34-21-23(25)2)16-17-37-15-11-24-12-19-43-29(24)30(37)39;;/h8-13,15,19-21H,6-7,14,16-18,22H2,1-5H3;2*1H. The van der Waals surface area contributed by atoms with E-state index in [0.29, 0.717) is 55.5 Å². The monoisotopic (exact) mass is 657 g/mol. The molecule has 5 rings (SSSR count). The molecule has 45 heavy (non-hydrogen) atoms. The van der Waals surface area contributed by atoms with Crippen molar-refractivity contribution in [1.82, 2.24) is 14.5 Å². The molecule has 0 N–H and O–H groups in total. The summed E-state index contributed by atoms with van der Waals surface area (Å²) in [5.74, 6) is 0.172. The Morgan fingerprint density at radius 3 is 2.51 bits per heavy atom. The second-order valence-corrected chi connectivity index (χ2v) is 11.5. The number of furan rings is 1. The van der Waals surface area contributed by atoms with Crippen LogP contribution in [-0.2, 0) is 22.7 Å². The highest BCUT2D eigenvalue weighted by Gasteiger charge is 2.45. The van der Waals surface area contributed by atoms with Gasteiger partial charge in [-0.15, -0.1) is 24.8 Å². The van der Waals surface area contributed by atoms with Gasteiger partial charge in [-0.2, -0.15) is 0 Å². The number of hydrogen-bond acceptors (Lipinski definition) is 7. The summed E-state index contributed by atoms with van der Waals surface area (Å²) in [5.41, 5.74) is 2.72. The van der Waals surface area contributed by atoms with E-state index in [9.17, 15) is 14.4 Å². The first-order chi connectivity index (χ1) is 20.6. The van der Waals surface area contributed by atoms with Crippen LogP contribution in [0.5, 0.6) is 5.75 Å². The lowest BCUT2D eigenvalue weighted by atomic mass is 9.90. The first-order valence-corrected chi connectivity index (χ1v) is 14.7. The number of pyridine rings is 2. The quantitative estimate of drug-likeness (QED) is 0.156. The highest BCUT2D eigenvalue weighted by molar-refractivity contribution is 6.20. The van der Waals surface area contributed by atoms with Crippen LogP contribution in [0.4, 0.5) is 11.4 Å². The SMILES string of the molecule is CCN1C(=O)C(C)(C)C(=O)N(C)c2cc(OCCCN(CCn3ccc4ccoc4c3=O)Cc3ccncc3C)ccc21.Cl.Cl. The highest BCUT2D eigenvalue weighted by atomic mass is 35.5. The van der Waals surface area contributed by atoms with Crippen LogP contribution in [0.1, 0.15) is 38.3 Å². The Morgan fingerprint density at radius 1 is 1.00 bits per heavy atom. The lowest BCUT2D eigenvalue weighted by Crippen LogP contribution is -2.47. The van der Waals surface area contributed by atoms with Gasteiger partial charge in [0.2, 0.25) is 11.8 Å². The van der Waals surface area contributed by atoms with Gasteiger partial charge in [0.25, 0.3) is 5.56 Å². The zero-order chi connectivity index (χ0) is 30.7. The number of hydrogen-bond donors (Lipinski definition) is 0. The van der Waals surface area contributed by atoms with E-state index < -0.39 is 5.41 Å². The number of anilines is 2. The van der Waals surface area contributed by atoms with Gasteiger partial charge in [0.1, 0.15) is 11.2 Å². The number of benzene rings is 1. The Hall–Kier alpha value is -3.86. The van der Waals surface area contributed by atoms with Gasteiger partial charge in [-0.05, 0) is 75.6 Å². The molecule has 3 aromatic heterocycles. The van der Waals surface area contributed by atoms with Gasteiger partial charge < -0.3 is 23.5 Å². The second kappa shape index (κ2) is 14.9. The molecule has 10 nitrogen and oxygen atoms in total. The molecule has 1 aliphatic rings. The number of amides is 2. The maximum Gasteiger partial charge on any atom is 0.294 e. The number of halogens is 2. The first kappa shape index (κ1) is 35.6. The fourth-order valence-corrected chi connectivity index (χ4v) is 5.56. The van der Waals surface area contributed by atoms with E-state index in [1.165, 1.54) is 11.8 Å². The molecule has 0 spiro atoms. The molecule has 0 fully saturated rings. The van der Waals surface area contributed by atoms with Gasteiger partial charge in [0.05, 0.1) is 24.2 Å². The van der Waals surface area contributed by atoms with E-state index in [4.69, 9.17) is 9.15 Å². The van der Waals surface area contributed by atoms with Crippen LogP contribution < -0.4 is 20.1 Å². The van der Waals surface area contributed by atoms with Gasteiger partial charge in [0, 0.05) is 69.8 Å². The predicted octanol–water partition coefficient (Wildman–Crippen LogP) is 5.47. The van der Waals surface area contributed by atoms with Gasteiger partial charge in [-0.1, -0.05) is 0 Å². The summed E-state index contributed by atoms with van der Waals surface area (Å²) < 4.78 is 13.2. The number of carbonyl (C=O) groups is 2. The lowest BCUT2D eigenvalue weighted by molar-refractivity contribution is -0.137. The van der Waals surface area contributed by atoms with Crippen molar-refractivity contribution in [2.24, 2.45) is 5.41 Å². The van der Waals surface area contributed by atoms with Crippen molar-refractivity contribution in [3.63, 3.8) is 0 Å². The number of aryl methyl sites for hydroxylation is 1. The summed E-state index contributed by atoms with van der Waals surface area (Å²) in [6.45, 7) is 10.9. The molecule has 4 aromatic rings. The molecule has 2 amide bonds. The molecule has 0 unspecified atom stereocenters. The summed E-state index contributed by atoms with van der Waals surface area (Å²) in [6, 6.07) is 11.2. The van der Waals surface area contributed by atoms with Crippen molar-refractivity contribution in [3.8, 4) is 5.75 Å². The van der Waals surface area contributed by atoms with E-state index in [1.54, 1.807) is 47.5 Å². The maximum atomic E-state index is 13.2. The van der Waals surface area contributed by atoms with Crippen LogP contribution in [0.15, 0.2) is 70.5 Å². The fraction of sp³-hybridized carbons (Fsp3) is 0.394. The molecule has 1 aromatic carbocycles. The average Bonchev–Trinajstić information content (AvgIpc) is 3.48. The lowest BCUT2D eigenvalue weighted by Gasteiger charge is -2.27. The normalized spacial score (nSPS) is 14.2. The van der Waals surface area contributed by atoms with Crippen molar-refractivity contribution in [1.29, 1.82) is 0 Å². The second-order valence-electron chi connectivity index (χ2n) is 11.5. The summed E-state index contributed by atoms with van der Waals surface area (Å²) in [4.78, 5) is 48.9. The van der Waals surface area contributed by atoms with Gasteiger partial charge in [0.15, 0.2) is 5.58 Å². The van der Waals surface area contributed by atoms with Crippen molar-refractivity contribution in [2.75, 3.05) is 43.1 Å². The van der Waals surface area contributed by atoms with Gasteiger partial charge in [-0.25, -0.2) is 0 Å². The Balaban J connectivity index is 0.00000276. The van der Waals surface area contributed by atoms with Crippen LogP contribution in [0.25, 0.3) is 11.0 Å². The third kappa shape index (κ3) is 7.35. The third-order valence-corrected chi connectivity index (χ3v) is 8.19. The molecule has 4 heterocycles. The van der Waals surface area contributed by atoms with E-state index in [0.717, 1.165) is 23.9 Å². The molecule has 0 radical (unpaired) electrons. The van der Waals surface area contributed by atoms with Crippen LogP contribution in [0.3, 0.4) is 0 Å². The molecule has 242 valence electrons. The number of fused-ring (bicyclic) bond motifs is 2. The molecule has 0 bridgehead atoms. The van der Waals surface area contributed by atoms with E-state index in [1.807, 2.05) is 56.6 Å². The number of rotatable bonds is 11. The van der Waals surface area contributed by atoms with Crippen LogP contribution in [0.2, 0.25) is 0 Å². The molecular weight excluding hydrogens is 617 g/mol. The smallest absolute Gasteiger partial charge is 0.294 e. The summed E-state index contributed by atoms with van der Waals surface area (Å²) in [6.07, 6.45) is 7.76. The summed E-state index contributed by atoms with van der Waals surface area (Å²) in [5, 5.41) is 0.800. The number of ether oxygens (including phenoxy) is 1. The Labute approximate surface area is 275 Å². The molecular formula is C33H41Cl2N5O5. The van der Waals surface area contributed by atoms with Gasteiger partial charge >= 0.3 is 0 Å². The molecule has 0 saturated carbocycles. The number of carbonyl (C=O) groups excluding carboxylic acids is 2. The minimum atomic E-state index is -1.16. The van der Waals surface area contributed by atoms with Gasteiger partial charge in [-0.3, -0.25) is 24.3 Å². The third-order valence-electron chi connectivity index (χ3n) is 8.19. The molecule has 0 saturated heterocycles. The fourth-order valence-electron chi connectivity index (χ4n) is 5.56. The average molecular weight is 659 g/mol. The van der Waals surface area contributed by atoms with Crippen molar-refractivity contribution in [2.45, 2.75) is 47.2 Å².